The van der Waals surface area contributed by atoms with Crippen molar-refractivity contribution in [2.75, 3.05) is 31.8 Å². The number of thioether (sulfide) groups is 1. The number of rotatable bonds is 6. The molecule has 5 heteroatoms. The highest BCUT2D eigenvalue weighted by Crippen LogP contribution is 2.22. The second kappa shape index (κ2) is 8.41. The molecule has 0 heterocycles. The zero-order chi connectivity index (χ0) is 16.8. The molecule has 0 N–H and O–H groups in total. The second-order valence-corrected chi connectivity index (χ2v) is 7.52. The molecule has 122 valence electrons. The summed E-state index contributed by atoms with van der Waals surface area (Å²) in [5.41, 5.74) is 2.30. The van der Waals surface area contributed by atoms with Crippen LogP contribution in [0.1, 0.15) is 5.56 Å². The van der Waals surface area contributed by atoms with Gasteiger partial charge in [0.2, 0.25) is 5.91 Å². The highest BCUT2D eigenvalue weighted by Gasteiger charge is 2.10. The Kier molecular flexibility index (Phi) is 6.54. The number of nitrogens with zero attached hydrogens (tertiary/aromatic N) is 2. The van der Waals surface area contributed by atoms with Gasteiger partial charge in [-0.3, -0.25) is 4.79 Å². The maximum atomic E-state index is 12.3. The number of amides is 1. The first-order valence-corrected chi connectivity index (χ1v) is 9.12. The van der Waals surface area contributed by atoms with Gasteiger partial charge in [0.15, 0.2) is 0 Å². The van der Waals surface area contributed by atoms with E-state index in [1.165, 1.54) is 0 Å². The van der Waals surface area contributed by atoms with Crippen LogP contribution in [0.2, 0.25) is 0 Å². The lowest BCUT2D eigenvalue weighted by Crippen LogP contribution is -2.27. The van der Waals surface area contributed by atoms with E-state index in [0.29, 0.717) is 12.3 Å². The van der Waals surface area contributed by atoms with Crippen molar-refractivity contribution in [3.05, 3.63) is 58.6 Å². The topological polar surface area (TPSA) is 23.6 Å². The second-order valence-electron chi connectivity index (χ2n) is 5.56. The molecule has 0 saturated heterocycles. The van der Waals surface area contributed by atoms with Crippen LogP contribution in [-0.4, -0.2) is 37.7 Å². The van der Waals surface area contributed by atoms with Gasteiger partial charge in [0.05, 0.1) is 5.75 Å². The number of halogens is 1. The number of benzene rings is 2. The highest BCUT2D eigenvalue weighted by molar-refractivity contribution is 9.10. The number of carbonyl (C=O) groups excluding carboxylic acids is 1. The summed E-state index contributed by atoms with van der Waals surface area (Å²) in [5.74, 6) is 0.578. The van der Waals surface area contributed by atoms with Gasteiger partial charge in [-0.1, -0.05) is 34.1 Å². The third-order valence-electron chi connectivity index (χ3n) is 3.46. The first-order chi connectivity index (χ1) is 11.0. The third kappa shape index (κ3) is 5.59. The molecule has 3 nitrogen and oxygen atoms in total. The molecule has 0 aromatic heterocycles. The van der Waals surface area contributed by atoms with Gasteiger partial charge in [-0.15, -0.1) is 11.8 Å². The lowest BCUT2D eigenvalue weighted by Gasteiger charge is -2.18. The quantitative estimate of drug-likeness (QED) is 0.685. The van der Waals surface area contributed by atoms with Gasteiger partial charge in [-0.25, -0.2) is 0 Å². The van der Waals surface area contributed by atoms with E-state index in [1.807, 2.05) is 45.4 Å². The Morgan fingerprint density at radius 3 is 2.39 bits per heavy atom. The molecule has 0 aliphatic rings. The fraction of sp³-hybridized carbons (Fsp3) is 0.278. The maximum absolute atomic E-state index is 12.3. The van der Waals surface area contributed by atoms with Gasteiger partial charge in [-0.05, 0) is 35.9 Å². The molecule has 0 bridgehead atoms. The Morgan fingerprint density at radius 2 is 1.78 bits per heavy atom. The average molecular weight is 393 g/mol. The van der Waals surface area contributed by atoms with Crippen molar-refractivity contribution in [2.45, 2.75) is 11.4 Å². The Morgan fingerprint density at radius 1 is 1.09 bits per heavy atom. The normalized spacial score (nSPS) is 10.4. The zero-order valence-corrected chi connectivity index (χ0v) is 16.0. The van der Waals surface area contributed by atoms with Crippen molar-refractivity contribution < 1.29 is 4.79 Å². The monoisotopic (exact) mass is 392 g/mol. The fourth-order valence-corrected chi connectivity index (χ4v) is 3.52. The predicted molar refractivity (Wildman–Crippen MR) is 102 cm³/mol. The largest absolute Gasteiger partial charge is 0.378 e. The molecule has 2 aromatic rings. The number of carbonyl (C=O) groups is 1. The summed E-state index contributed by atoms with van der Waals surface area (Å²) in [6.07, 6.45) is 0. The zero-order valence-electron chi connectivity index (χ0n) is 13.6. The van der Waals surface area contributed by atoms with E-state index in [1.54, 1.807) is 16.7 Å². The number of anilines is 1. The summed E-state index contributed by atoms with van der Waals surface area (Å²) in [6, 6.07) is 16.3. The van der Waals surface area contributed by atoms with Crippen molar-refractivity contribution in [1.29, 1.82) is 0 Å². The first-order valence-electron chi connectivity index (χ1n) is 7.34. The molecular formula is C18H21BrN2OS. The van der Waals surface area contributed by atoms with Crippen molar-refractivity contribution in [1.82, 2.24) is 4.90 Å². The summed E-state index contributed by atoms with van der Waals surface area (Å²) >= 11 is 5.01. The van der Waals surface area contributed by atoms with Crippen LogP contribution in [0.5, 0.6) is 0 Å². The number of hydrogen-bond donors (Lipinski definition) is 0. The van der Waals surface area contributed by atoms with Crippen LogP contribution in [0.4, 0.5) is 5.69 Å². The van der Waals surface area contributed by atoms with E-state index in [4.69, 9.17) is 0 Å². The Bertz CT molecular complexity index is 658. The van der Waals surface area contributed by atoms with E-state index < -0.39 is 0 Å². The molecule has 0 radical (unpaired) electrons. The van der Waals surface area contributed by atoms with Crippen LogP contribution < -0.4 is 4.90 Å². The number of hydrogen-bond acceptors (Lipinski definition) is 3. The first kappa shape index (κ1) is 17.9. The summed E-state index contributed by atoms with van der Waals surface area (Å²) in [4.78, 5) is 17.2. The molecule has 23 heavy (non-hydrogen) atoms. The Hall–Kier alpha value is -1.46. The van der Waals surface area contributed by atoms with Crippen LogP contribution >= 0.6 is 27.7 Å². The summed E-state index contributed by atoms with van der Waals surface area (Å²) < 4.78 is 1.03. The van der Waals surface area contributed by atoms with Crippen molar-refractivity contribution >= 4 is 39.3 Å². The fourth-order valence-electron chi connectivity index (χ4n) is 2.07. The van der Waals surface area contributed by atoms with Crippen LogP contribution in [0, 0.1) is 0 Å². The molecule has 2 aromatic carbocycles. The van der Waals surface area contributed by atoms with Crippen LogP contribution in [0.3, 0.4) is 0 Å². The van der Waals surface area contributed by atoms with E-state index in [-0.39, 0.29) is 5.91 Å². The molecule has 0 unspecified atom stereocenters. The lowest BCUT2D eigenvalue weighted by molar-refractivity contribution is -0.127. The molecule has 0 spiro atoms. The molecular weight excluding hydrogens is 372 g/mol. The standard InChI is InChI=1S/C18H21BrN2OS/c1-20(2)16-9-7-14(8-10-16)12-21(3)18(22)13-23-17-6-4-5-15(19)11-17/h4-11H,12-13H2,1-3H3. The van der Waals surface area contributed by atoms with E-state index >= 15 is 0 Å². The van der Waals surface area contributed by atoms with E-state index in [0.717, 1.165) is 20.6 Å². The third-order valence-corrected chi connectivity index (χ3v) is 4.93. The Balaban J connectivity index is 1.87. The molecule has 2 rings (SSSR count). The minimum Gasteiger partial charge on any atom is -0.378 e. The van der Waals surface area contributed by atoms with Gasteiger partial charge < -0.3 is 9.80 Å². The highest BCUT2D eigenvalue weighted by atomic mass is 79.9. The van der Waals surface area contributed by atoms with Gasteiger partial charge in [0.1, 0.15) is 0 Å². The summed E-state index contributed by atoms with van der Waals surface area (Å²) in [5, 5.41) is 0. The van der Waals surface area contributed by atoms with Crippen molar-refractivity contribution in [3.8, 4) is 0 Å². The SMILES string of the molecule is CN(Cc1ccc(N(C)C)cc1)C(=O)CSc1cccc(Br)c1. The van der Waals surface area contributed by atoms with Gasteiger partial charge >= 0.3 is 0 Å². The average Bonchev–Trinajstić information content (AvgIpc) is 2.53. The summed E-state index contributed by atoms with van der Waals surface area (Å²) in [7, 11) is 5.89. The van der Waals surface area contributed by atoms with Gasteiger partial charge in [-0.2, -0.15) is 0 Å². The van der Waals surface area contributed by atoms with Crippen molar-refractivity contribution in [2.24, 2.45) is 0 Å². The van der Waals surface area contributed by atoms with Crippen LogP contribution in [-0.2, 0) is 11.3 Å². The molecule has 0 saturated carbocycles. The van der Waals surface area contributed by atoms with E-state index in [9.17, 15) is 4.79 Å². The summed E-state index contributed by atoms with van der Waals surface area (Å²) in [6.45, 7) is 0.631. The van der Waals surface area contributed by atoms with Gasteiger partial charge in [0, 0.05) is 42.7 Å². The predicted octanol–water partition coefficient (Wildman–Crippen LogP) is 4.27. The Labute approximate surface area is 150 Å². The molecule has 0 fully saturated rings. The molecule has 0 aliphatic heterocycles. The maximum Gasteiger partial charge on any atom is 0.232 e. The minimum atomic E-state index is 0.131. The smallest absolute Gasteiger partial charge is 0.232 e. The molecule has 1 amide bonds. The van der Waals surface area contributed by atoms with Crippen molar-refractivity contribution in [3.63, 3.8) is 0 Å². The molecule has 0 aliphatic carbocycles. The van der Waals surface area contributed by atoms with Gasteiger partial charge in [0.25, 0.3) is 0 Å². The van der Waals surface area contributed by atoms with E-state index in [2.05, 4.69) is 45.1 Å². The lowest BCUT2D eigenvalue weighted by atomic mass is 10.2. The minimum absolute atomic E-state index is 0.131. The van der Waals surface area contributed by atoms with Crippen LogP contribution in [0.15, 0.2) is 57.9 Å². The van der Waals surface area contributed by atoms with Crippen LogP contribution in [0.25, 0.3) is 0 Å². The molecule has 0 atom stereocenters.